The maximum Gasteiger partial charge on any atom is 0.268 e. The quantitative estimate of drug-likeness (QED) is 0.266. The number of aromatic nitrogens is 4. The van der Waals surface area contributed by atoms with Gasteiger partial charge in [0.05, 0.1) is 34.1 Å². The number of nitrogens with zero attached hydrogens (tertiary/aromatic N) is 4. The molecule has 3 heterocycles. The highest BCUT2D eigenvalue weighted by atomic mass is 32.2. The highest BCUT2D eigenvalue weighted by Gasteiger charge is 2.29. The average molecular weight is 550 g/mol. The maximum absolute atomic E-state index is 13.8. The first-order valence-corrected chi connectivity index (χ1v) is 13.8. The highest BCUT2D eigenvalue weighted by Crippen LogP contribution is 2.29. The smallest absolute Gasteiger partial charge is 0.268 e. The number of rotatable bonds is 7. The van der Waals surface area contributed by atoms with E-state index in [2.05, 4.69) is 10.1 Å². The molecule has 0 saturated heterocycles. The second-order valence-electron chi connectivity index (χ2n) is 9.13. The molecular formula is C30H23N5O4S. The van der Waals surface area contributed by atoms with E-state index in [0.29, 0.717) is 28.2 Å². The fourth-order valence-corrected chi connectivity index (χ4v) is 5.92. The van der Waals surface area contributed by atoms with E-state index in [9.17, 15) is 13.2 Å². The lowest BCUT2D eigenvalue weighted by Crippen LogP contribution is -2.19. The summed E-state index contributed by atoms with van der Waals surface area (Å²) < 4.78 is 35.8. The maximum atomic E-state index is 13.8. The van der Waals surface area contributed by atoms with Crippen molar-refractivity contribution in [1.29, 1.82) is 0 Å². The number of aryl methyl sites for hydroxylation is 1. The number of para-hydroxylation sites is 2. The molecule has 0 amide bonds. The van der Waals surface area contributed by atoms with Crippen LogP contribution in [-0.4, -0.2) is 32.9 Å². The Kier molecular flexibility index (Phi) is 6.16. The first-order valence-electron chi connectivity index (χ1n) is 12.3. The minimum atomic E-state index is -4.11. The molecule has 6 aromatic rings. The Hall–Kier alpha value is -5.22. The van der Waals surface area contributed by atoms with Crippen molar-refractivity contribution < 1.29 is 17.9 Å². The van der Waals surface area contributed by atoms with Crippen LogP contribution in [0.2, 0.25) is 0 Å². The molecule has 10 heteroatoms. The van der Waals surface area contributed by atoms with Gasteiger partial charge in [0.15, 0.2) is 0 Å². The number of ketones is 1. The van der Waals surface area contributed by atoms with Crippen LogP contribution in [0.1, 0.15) is 21.6 Å². The largest absolute Gasteiger partial charge is 0.439 e. The number of carbonyl (C=O) groups excluding carboxylic acids is 1. The van der Waals surface area contributed by atoms with Crippen LogP contribution < -0.4 is 10.5 Å². The van der Waals surface area contributed by atoms with Crippen molar-refractivity contribution in [3.8, 4) is 17.3 Å². The number of hydrogen-bond donors (Lipinski definition) is 1. The summed E-state index contributed by atoms with van der Waals surface area (Å²) in [4.78, 5) is 18.2. The van der Waals surface area contributed by atoms with Crippen LogP contribution in [-0.2, 0) is 10.0 Å². The number of fused-ring (bicyclic) bond motifs is 1. The van der Waals surface area contributed by atoms with Gasteiger partial charge in [0.25, 0.3) is 10.0 Å². The monoisotopic (exact) mass is 549 g/mol. The molecular weight excluding hydrogens is 526 g/mol. The lowest BCUT2D eigenvalue weighted by molar-refractivity contribution is 0.103. The van der Waals surface area contributed by atoms with Gasteiger partial charge < -0.3 is 10.5 Å². The topological polar surface area (TPSA) is 122 Å². The number of anilines is 1. The van der Waals surface area contributed by atoms with E-state index in [-0.39, 0.29) is 22.0 Å². The summed E-state index contributed by atoms with van der Waals surface area (Å²) in [5.74, 6) is 0.494. The Morgan fingerprint density at radius 1 is 0.875 bits per heavy atom. The fourth-order valence-electron chi connectivity index (χ4n) is 4.41. The molecule has 0 bridgehead atoms. The summed E-state index contributed by atoms with van der Waals surface area (Å²) in [7, 11) is -4.11. The van der Waals surface area contributed by atoms with Crippen LogP contribution >= 0.6 is 0 Å². The van der Waals surface area contributed by atoms with Crippen molar-refractivity contribution in [3.63, 3.8) is 0 Å². The number of carbonyl (C=O) groups is 1. The van der Waals surface area contributed by atoms with Gasteiger partial charge in [0.1, 0.15) is 17.3 Å². The fraction of sp³-hybridized carbons (Fsp3) is 0.0333. The number of benzene rings is 3. The number of hydrogen-bond acceptors (Lipinski definition) is 7. The molecule has 0 unspecified atom stereocenters. The summed E-state index contributed by atoms with van der Waals surface area (Å²) in [6.07, 6.45) is 2.85. The summed E-state index contributed by atoms with van der Waals surface area (Å²) in [5.41, 5.74) is 8.20. The zero-order valence-corrected chi connectivity index (χ0v) is 22.1. The second kappa shape index (κ2) is 9.83. The number of nitrogens with two attached hydrogens (primary N) is 1. The summed E-state index contributed by atoms with van der Waals surface area (Å²) in [5, 5.41) is 4.89. The van der Waals surface area contributed by atoms with Crippen LogP contribution in [0.25, 0.3) is 16.6 Å². The number of ether oxygens (including phenoxy) is 1. The van der Waals surface area contributed by atoms with Crippen LogP contribution in [0.5, 0.6) is 11.6 Å². The summed E-state index contributed by atoms with van der Waals surface area (Å²) in [6.45, 7) is 1.87. The van der Waals surface area contributed by atoms with Gasteiger partial charge in [-0.15, -0.1) is 0 Å². The molecule has 3 aromatic carbocycles. The first kappa shape index (κ1) is 25.1. The Balaban J connectivity index is 1.38. The van der Waals surface area contributed by atoms with Crippen molar-refractivity contribution in [2.45, 2.75) is 11.8 Å². The summed E-state index contributed by atoms with van der Waals surface area (Å²) in [6, 6.07) is 27.6. The normalized spacial score (nSPS) is 11.5. The Labute approximate surface area is 230 Å². The predicted octanol–water partition coefficient (Wildman–Crippen LogP) is 5.37. The molecule has 40 heavy (non-hydrogen) atoms. The standard InChI is InChI=1S/C30H23N5O4S/c1-20-11-14-24(15-12-20)40(37,38)35-26-10-6-5-7-21(26)17-27(35)29(36)25-19-33-34(30(25)31)22-13-16-28(32-18-22)39-23-8-3-2-4-9-23/h2-19H,31H2,1H3. The van der Waals surface area contributed by atoms with E-state index in [1.807, 2.05) is 37.3 Å². The lowest BCUT2D eigenvalue weighted by Gasteiger charge is -2.12. The minimum absolute atomic E-state index is 0.0437. The van der Waals surface area contributed by atoms with Gasteiger partial charge in [0, 0.05) is 11.5 Å². The van der Waals surface area contributed by atoms with Crippen molar-refractivity contribution in [1.82, 2.24) is 18.7 Å². The van der Waals surface area contributed by atoms with Crippen LogP contribution in [0.4, 0.5) is 5.82 Å². The molecule has 0 spiro atoms. The molecule has 0 saturated carbocycles. The molecule has 6 rings (SSSR count). The Bertz CT molecular complexity index is 1960. The van der Waals surface area contributed by atoms with Gasteiger partial charge >= 0.3 is 0 Å². The molecule has 9 nitrogen and oxygen atoms in total. The van der Waals surface area contributed by atoms with Crippen molar-refractivity contribution in [2.24, 2.45) is 0 Å². The van der Waals surface area contributed by atoms with Crippen LogP contribution in [0, 0.1) is 6.92 Å². The molecule has 0 aliphatic heterocycles. The van der Waals surface area contributed by atoms with E-state index in [0.717, 1.165) is 9.54 Å². The van der Waals surface area contributed by atoms with Crippen molar-refractivity contribution >= 4 is 32.5 Å². The van der Waals surface area contributed by atoms with Gasteiger partial charge in [-0.25, -0.2) is 22.1 Å². The van der Waals surface area contributed by atoms with Crippen LogP contribution in [0.15, 0.2) is 114 Å². The lowest BCUT2D eigenvalue weighted by atomic mass is 10.1. The van der Waals surface area contributed by atoms with Gasteiger partial charge in [-0.1, -0.05) is 54.1 Å². The summed E-state index contributed by atoms with van der Waals surface area (Å²) >= 11 is 0. The third kappa shape index (κ3) is 4.40. The Morgan fingerprint density at radius 2 is 1.60 bits per heavy atom. The molecule has 0 aliphatic rings. The zero-order chi connectivity index (χ0) is 27.9. The van der Waals surface area contributed by atoms with E-state index in [1.165, 1.54) is 29.2 Å². The zero-order valence-electron chi connectivity index (χ0n) is 21.3. The molecule has 3 aromatic heterocycles. The van der Waals surface area contributed by atoms with Gasteiger partial charge in [-0.05, 0) is 49.4 Å². The molecule has 0 atom stereocenters. The van der Waals surface area contributed by atoms with E-state index in [4.69, 9.17) is 10.5 Å². The average Bonchev–Trinajstić information content (AvgIpc) is 3.55. The third-order valence-corrected chi connectivity index (χ3v) is 8.18. The molecule has 0 radical (unpaired) electrons. The van der Waals surface area contributed by atoms with Crippen LogP contribution in [0.3, 0.4) is 0 Å². The minimum Gasteiger partial charge on any atom is -0.439 e. The van der Waals surface area contributed by atoms with Crippen molar-refractivity contribution in [3.05, 3.63) is 126 Å². The second-order valence-corrected chi connectivity index (χ2v) is 10.9. The van der Waals surface area contributed by atoms with E-state index >= 15 is 0 Å². The number of pyridine rings is 1. The number of nitrogen functional groups attached to an aromatic ring is 1. The SMILES string of the molecule is Cc1ccc(S(=O)(=O)n2c(C(=O)c3cnn(-c4ccc(Oc5ccccc5)nc4)c3N)cc3ccccc32)cc1. The van der Waals surface area contributed by atoms with Crippen molar-refractivity contribution in [2.75, 3.05) is 5.73 Å². The van der Waals surface area contributed by atoms with E-state index < -0.39 is 15.8 Å². The van der Waals surface area contributed by atoms with Gasteiger partial charge in [-0.3, -0.25) is 4.79 Å². The molecule has 198 valence electrons. The van der Waals surface area contributed by atoms with E-state index in [1.54, 1.807) is 54.6 Å². The first-order chi connectivity index (χ1) is 19.3. The molecule has 0 fully saturated rings. The van der Waals surface area contributed by atoms with Gasteiger partial charge in [0.2, 0.25) is 11.7 Å². The predicted molar refractivity (Wildman–Crippen MR) is 151 cm³/mol. The Morgan fingerprint density at radius 3 is 2.33 bits per heavy atom. The third-order valence-electron chi connectivity index (χ3n) is 6.44. The molecule has 0 aliphatic carbocycles. The molecule has 2 N–H and O–H groups in total. The highest BCUT2D eigenvalue weighted by molar-refractivity contribution is 7.90. The van der Waals surface area contributed by atoms with Gasteiger partial charge in [-0.2, -0.15) is 5.10 Å².